The van der Waals surface area contributed by atoms with Crippen LogP contribution in [0.25, 0.3) is 0 Å². The van der Waals surface area contributed by atoms with Gasteiger partial charge in [-0.1, -0.05) is 23.9 Å². The van der Waals surface area contributed by atoms with Gasteiger partial charge in [-0.3, -0.25) is 4.79 Å². The maximum atomic E-state index is 13.0. The molecule has 3 N–H and O–H groups in total. The Kier molecular flexibility index (Phi) is 4.03. The summed E-state index contributed by atoms with van der Waals surface area (Å²) in [5, 5.41) is 5.72. The van der Waals surface area contributed by atoms with Crippen molar-refractivity contribution in [3.05, 3.63) is 35.7 Å². The van der Waals surface area contributed by atoms with E-state index < -0.39 is 29.2 Å². The molecule has 2 aromatic rings. The highest BCUT2D eigenvalue weighted by atomic mass is 32.2. The van der Waals surface area contributed by atoms with Crippen LogP contribution in [0.5, 0.6) is 5.75 Å². The third-order valence-corrected chi connectivity index (χ3v) is 4.68. The zero-order valence-electron chi connectivity index (χ0n) is 12.2. The van der Waals surface area contributed by atoms with Gasteiger partial charge in [-0.05, 0) is 17.7 Å². The molecule has 1 aromatic heterocycles. The fourth-order valence-electron chi connectivity index (χ4n) is 2.32. The molecule has 2 atom stereocenters. The fourth-order valence-corrected chi connectivity index (χ4v) is 3.35. The van der Waals surface area contributed by atoms with Crippen molar-refractivity contribution >= 4 is 17.7 Å². The highest BCUT2D eigenvalue weighted by molar-refractivity contribution is 8.00. The summed E-state index contributed by atoms with van der Waals surface area (Å²) >= 11 is 0.836. The van der Waals surface area contributed by atoms with Gasteiger partial charge in [0.1, 0.15) is 11.0 Å². The maximum Gasteiger partial charge on any atom is 0.453 e. The van der Waals surface area contributed by atoms with E-state index in [4.69, 9.17) is 10.5 Å². The van der Waals surface area contributed by atoms with E-state index in [-0.39, 0.29) is 5.16 Å². The van der Waals surface area contributed by atoms with Gasteiger partial charge in [0.2, 0.25) is 11.1 Å². The summed E-state index contributed by atoms with van der Waals surface area (Å²) in [6.45, 7) is 0. The number of carbonyl (C=O) groups excluding carboxylic acids is 1. The molecule has 1 aliphatic rings. The van der Waals surface area contributed by atoms with Gasteiger partial charge in [0.25, 0.3) is 5.82 Å². The average molecular weight is 359 g/mol. The SMILES string of the molecule is COc1ccc([C@@H]2Nn3c(nnc3C(F)(F)F)S[C@H]2C(N)=O)cc1. The van der Waals surface area contributed by atoms with Crippen LogP contribution in [0.1, 0.15) is 17.4 Å². The number of alkyl halides is 3. The minimum atomic E-state index is -4.68. The summed E-state index contributed by atoms with van der Waals surface area (Å²) in [7, 11) is 1.50. The van der Waals surface area contributed by atoms with E-state index >= 15 is 0 Å². The molecule has 0 fully saturated rings. The molecular weight excluding hydrogens is 347 g/mol. The van der Waals surface area contributed by atoms with Crippen molar-refractivity contribution in [2.24, 2.45) is 5.73 Å². The molecule has 0 saturated heterocycles. The molecule has 128 valence electrons. The normalized spacial score (nSPS) is 20.2. The van der Waals surface area contributed by atoms with E-state index in [1.54, 1.807) is 24.3 Å². The molecule has 1 amide bonds. The number of primary amides is 1. The first-order valence-corrected chi connectivity index (χ1v) is 7.58. The Morgan fingerprint density at radius 3 is 2.54 bits per heavy atom. The molecule has 0 bridgehead atoms. The van der Waals surface area contributed by atoms with Crippen LogP contribution in [0.15, 0.2) is 29.4 Å². The minimum absolute atomic E-state index is 0.0733. The van der Waals surface area contributed by atoms with E-state index in [1.807, 2.05) is 0 Å². The number of nitrogens with zero attached hydrogens (tertiary/aromatic N) is 3. The quantitative estimate of drug-likeness (QED) is 0.863. The number of nitrogens with two attached hydrogens (primary N) is 1. The van der Waals surface area contributed by atoms with Gasteiger partial charge in [0.05, 0.1) is 13.2 Å². The van der Waals surface area contributed by atoms with E-state index in [0.29, 0.717) is 11.3 Å². The van der Waals surface area contributed by atoms with Crippen LogP contribution in [-0.4, -0.2) is 33.1 Å². The molecule has 3 rings (SSSR count). The van der Waals surface area contributed by atoms with Crippen LogP contribution < -0.4 is 15.9 Å². The molecule has 0 spiro atoms. The standard InChI is InChI=1S/C13H12F3N5O2S/c1-23-7-4-2-6(3-5-7)8-9(10(17)22)24-12-19-18-11(13(14,15)16)21(12)20-8/h2-5,8-9,20H,1H3,(H2,17,22)/t8-,9+/m0/s1. The fraction of sp³-hybridized carbons (Fsp3) is 0.308. The number of nitrogens with one attached hydrogen (secondary N) is 1. The first-order chi connectivity index (χ1) is 11.3. The summed E-state index contributed by atoms with van der Waals surface area (Å²) in [4.78, 5) is 11.7. The zero-order valence-corrected chi connectivity index (χ0v) is 13.1. The van der Waals surface area contributed by atoms with Crippen molar-refractivity contribution in [2.75, 3.05) is 12.5 Å². The number of thioether (sulfide) groups is 1. The number of hydrogen-bond donors (Lipinski definition) is 2. The number of halogens is 3. The van der Waals surface area contributed by atoms with Gasteiger partial charge in [-0.15, -0.1) is 10.2 Å². The number of methoxy groups -OCH3 is 1. The number of hydrogen-bond acceptors (Lipinski definition) is 6. The Morgan fingerprint density at radius 1 is 1.33 bits per heavy atom. The Bertz CT molecular complexity index is 762. The predicted molar refractivity (Wildman–Crippen MR) is 79.0 cm³/mol. The van der Waals surface area contributed by atoms with E-state index in [0.717, 1.165) is 16.4 Å². The van der Waals surface area contributed by atoms with Crippen molar-refractivity contribution < 1.29 is 22.7 Å². The third-order valence-electron chi connectivity index (χ3n) is 3.45. The monoisotopic (exact) mass is 359 g/mol. The summed E-state index contributed by atoms with van der Waals surface area (Å²) in [6, 6.07) is 5.81. The number of aromatic nitrogens is 3. The Labute approximate surface area is 138 Å². The molecule has 24 heavy (non-hydrogen) atoms. The van der Waals surface area contributed by atoms with Crippen LogP contribution in [-0.2, 0) is 11.0 Å². The van der Waals surface area contributed by atoms with Gasteiger partial charge in [-0.25, -0.2) is 4.68 Å². The van der Waals surface area contributed by atoms with Crippen LogP contribution in [0.3, 0.4) is 0 Å². The Morgan fingerprint density at radius 2 is 2.00 bits per heavy atom. The number of fused-ring (bicyclic) bond motifs is 1. The second-order valence-electron chi connectivity index (χ2n) is 4.96. The highest BCUT2D eigenvalue weighted by Crippen LogP contribution is 2.39. The van der Waals surface area contributed by atoms with Gasteiger partial charge >= 0.3 is 6.18 Å². The lowest BCUT2D eigenvalue weighted by Gasteiger charge is -2.32. The molecule has 0 radical (unpaired) electrons. The number of rotatable bonds is 3. The predicted octanol–water partition coefficient (Wildman–Crippen LogP) is 1.55. The number of benzene rings is 1. The lowest BCUT2D eigenvalue weighted by atomic mass is 10.0. The average Bonchev–Trinajstić information content (AvgIpc) is 2.96. The van der Waals surface area contributed by atoms with Gasteiger partial charge in [0.15, 0.2) is 0 Å². The molecule has 11 heteroatoms. The molecule has 7 nitrogen and oxygen atoms in total. The highest BCUT2D eigenvalue weighted by Gasteiger charge is 2.43. The first-order valence-electron chi connectivity index (χ1n) is 6.70. The minimum Gasteiger partial charge on any atom is -0.497 e. The number of amides is 1. The molecule has 2 heterocycles. The van der Waals surface area contributed by atoms with Gasteiger partial charge < -0.3 is 15.9 Å². The van der Waals surface area contributed by atoms with E-state index in [2.05, 4.69) is 15.6 Å². The smallest absolute Gasteiger partial charge is 0.453 e. The topological polar surface area (TPSA) is 95.1 Å². The van der Waals surface area contributed by atoms with Crippen molar-refractivity contribution in [1.82, 2.24) is 14.9 Å². The molecule has 0 aliphatic carbocycles. The molecule has 0 saturated carbocycles. The van der Waals surface area contributed by atoms with Gasteiger partial charge in [-0.2, -0.15) is 13.2 Å². The lowest BCUT2D eigenvalue weighted by Crippen LogP contribution is -2.42. The third kappa shape index (κ3) is 2.86. The summed E-state index contributed by atoms with van der Waals surface area (Å²) in [5.74, 6) is -1.28. The maximum absolute atomic E-state index is 13.0. The summed E-state index contributed by atoms with van der Waals surface area (Å²) in [6.07, 6.45) is -4.68. The molecular formula is C13H12F3N5O2S. The second kappa shape index (κ2) is 5.89. The Balaban J connectivity index is 2.01. The van der Waals surface area contributed by atoms with Gasteiger partial charge in [0, 0.05) is 0 Å². The lowest BCUT2D eigenvalue weighted by molar-refractivity contribution is -0.147. The molecule has 1 aliphatic heterocycles. The Hall–Kier alpha value is -2.43. The first kappa shape index (κ1) is 16.4. The molecule has 1 aromatic carbocycles. The van der Waals surface area contributed by atoms with Crippen LogP contribution in [0, 0.1) is 0 Å². The largest absolute Gasteiger partial charge is 0.497 e. The number of carbonyl (C=O) groups is 1. The molecule has 0 unspecified atom stereocenters. The van der Waals surface area contributed by atoms with Crippen LogP contribution in [0.4, 0.5) is 13.2 Å². The van der Waals surface area contributed by atoms with Crippen LogP contribution in [0.2, 0.25) is 0 Å². The second-order valence-corrected chi connectivity index (χ2v) is 6.07. The van der Waals surface area contributed by atoms with E-state index in [9.17, 15) is 18.0 Å². The van der Waals surface area contributed by atoms with Crippen molar-refractivity contribution in [3.63, 3.8) is 0 Å². The van der Waals surface area contributed by atoms with Crippen molar-refractivity contribution in [2.45, 2.75) is 22.6 Å². The summed E-state index contributed by atoms with van der Waals surface area (Å²) in [5.41, 5.74) is 8.63. The van der Waals surface area contributed by atoms with Crippen molar-refractivity contribution in [1.29, 1.82) is 0 Å². The van der Waals surface area contributed by atoms with Crippen LogP contribution >= 0.6 is 11.8 Å². The van der Waals surface area contributed by atoms with Crippen molar-refractivity contribution in [3.8, 4) is 5.75 Å². The summed E-state index contributed by atoms with van der Waals surface area (Å²) < 4.78 is 44.8. The number of ether oxygens (including phenoxy) is 1. The van der Waals surface area contributed by atoms with E-state index in [1.165, 1.54) is 7.11 Å². The zero-order chi connectivity index (χ0) is 17.5.